The second kappa shape index (κ2) is 9.80. The molecular formula is C29H35N3O4S. The Bertz CT molecular complexity index is 1180. The molecule has 7 nitrogen and oxygen atoms in total. The number of para-hydroxylation sites is 1. The Labute approximate surface area is 222 Å². The third-order valence-electron chi connectivity index (χ3n) is 8.14. The molecule has 3 saturated heterocycles. The van der Waals surface area contributed by atoms with Gasteiger partial charge in [-0.1, -0.05) is 48.5 Å². The van der Waals surface area contributed by atoms with Gasteiger partial charge in [0.25, 0.3) is 0 Å². The number of nitrogens with one attached hydrogen (secondary N) is 2. The van der Waals surface area contributed by atoms with Gasteiger partial charge < -0.3 is 20.6 Å². The van der Waals surface area contributed by atoms with Crippen molar-refractivity contribution in [1.29, 1.82) is 0 Å². The summed E-state index contributed by atoms with van der Waals surface area (Å²) in [7, 11) is 0. The summed E-state index contributed by atoms with van der Waals surface area (Å²) < 4.78 is -1.16. The van der Waals surface area contributed by atoms with Gasteiger partial charge in [0.2, 0.25) is 17.7 Å². The predicted molar refractivity (Wildman–Crippen MR) is 145 cm³/mol. The van der Waals surface area contributed by atoms with E-state index in [1.54, 1.807) is 16.7 Å². The summed E-state index contributed by atoms with van der Waals surface area (Å²) in [4.78, 5) is 43.5. The van der Waals surface area contributed by atoms with E-state index in [0.29, 0.717) is 18.5 Å². The molecule has 0 radical (unpaired) electrons. The van der Waals surface area contributed by atoms with Crippen molar-refractivity contribution < 1.29 is 19.5 Å². The van der Waals surface area contributed by atoms with E-state index in [9.17, 15) is 19.5 Å². The Morgan fingerprint density at radius 2 is 1.70 bits per heavy atom. The number of aliphatic hydroxyl groups is 1. The van der Waals surface area contributed by atoms with Crippen LogP contribution in [0.25, 0.3) is 0 Å². The van der Waals surface area contributed by atoms with Crippen molar-refractivity contribution in [2.75, 3.05) is 11.9 Å². The van der Waals surface area contributed by atoms with Crippen molar-refractivity contribution in [3.8, 4) is 0 Å². The predicted octanol–water partition coefficient (Wildman–Crippen LogP) is 3.23. The lowest BCUT2D eigenvalue weighted by Crippen LogP contribution is -2.57. The molecule has 2 aromatic rings. The smallest absolute Gasteiger partial charge is 0.244 e. The molecule has 3 amide bonds. The summed E-state index contributed by atoms with van der Waals surface area (Å²) in [6.07, 6.45) is 1.85. The number of aliphatic hydroxyl groups excluding tert-OH is 1. The van der Waals surface area contributed by atoms with E-state index in [1.165, 1.54) is 0 Å². The number of carbonyl (C=O) groups excluding carboxylic acids is 3. The molecule has 3 heterocycles. The molecule has 196 valence electrons. The average Bonchev–Trinajstić information content (AvgIpc) is 3.44. The molecular weight excluding hydrogens is 486 g/mol. The molecule has 37 heavy (non-hydrogen) atoms. The fourth-order valence-corrected chi connectivity index (χ4v) is 9.04. The number of thioether (sulfide) groups is 1. The largest absolute Gasteiger partial charge is 0.394 e. The Morgan fingerprint density at radius 3 is 2.32 bits per heavy atom. The maximum Gasteiger partial charge on any atom is 0.244 e. The molecule has 8 heteroatoms. The first-order valence-electron chi connectivity index (χ1n) is 13.0. The van der Waals surface area contributed by atoms with Crippen LogP contribution in [0.1, 0.15) is 39.2 Å². The number of likely N-dealkylation sites (tertiary alicyclic amines) is 1. The van der Waals surface area contributed by atoms with Gasteiger partial charge in [-0.2, -0.15) is 0 Å². The third-order valence-corrected chi connectivity index (χ3v) is 10.1. The zero-order valence-electron chi connectivity index (χ0n) is 21.5. The van der Waals surface area contributed by atoms with Crippen molar-refractivity contribution in [3.63, 3.8) is 0 Å². The van der Waals surface area contributed by atoms with Crippen LogP contribution in [0.15, 0.2) is 60.7 Å². The van der Waals surface area contributed by atoms with E-state index in [2.05, 4.69) is 17.6 Å². The average molecular weight is 522 g/mol. The van der Waals surface area contributed by atoms with Gasteiger partial charge in [0.05, 0.1) is 29.2 Å². The van der Waals surface area contributed by atoms with E-state index < -0.39 is 33.4 Å². The second-order valence-corrected chi connectivity index (χ2v) is 12.9. The second-order valence-electron chi connectivity index (χ2n) is 11.0. The quantitative estimate of drug-likeness (QED) is 0.496. The van der Waals surface area contributed by atoms with Gasteiger partial charge in [-0.25, -0.2) is 0 Å². The molecule has 1 spiro atoms. The summed E-state index contributed by atoms with van der Waals surface area (Å²) in [5.41, 5.74) is 1.67. The van der Waals surface area contributed by atoms with Crippen LogP contribution in [-0.2, 0) is 20.8 Å². The van der Waals surface area contributed by atoms with E-state index in [0.717, 1.165) is 12.0 Å². The van der Waals surface area contributed by atoms with Crippen LogP contribution in [0.2, 0.25) is 0 Å². The van der Waals surface area contributed by atoms with Crippen LogP contribution in [0, 0.1) is 11.8 Å². The Hall–Kier alpha value is -2.84. The van der Waals surface area contributed by atoms with Gasteiger partial charge in [0.1, 0.15) is 6.04 Å². The van der Waals surface area contributed by atoms with Gasteiger partial charge in [0, 0.05) is 16.5 Å². The van der Waals surface area contributed by atoms with Crippen molar-refractivity contribution in [2.45, 2.75) is 67.7 Å². The zero-order chi connectivity index (χ0) is 26.4. The fraction of sp³-hybridized carbons (Fsp3) is 0.483. The van der Waals surface area contributed by atoms with Gasteiger partial charge in [-0.15, -0.1) is 11.8 Å². The highest BCUT2D eigenvalue weighted by atomic mass is 32.2. The maximum atomic E-state index is 14.3. The fourth-order valence-electron chi connectivity index (χ4n) is 6.70. The number of fused-ring (bicyclic) bond motifs is 1. The number of benzene rings is 2. The first-order valence-corrected chi connectivity index (χ1v) is 13.9. The van der Waals surface area contributed by atoms with Crippen LogP contribution in [0.5, 0.6) is 0 Å². The van der Waals surface area contributed by atoms with Crippen LogP contribution in [0.3, 0.4) is 0 Å². The summed E-state index contributed by atoms with van der Waals surface area (Å²) in [6.45, 7) is 5.59. The third kappa shape index (κ3) is 4.34. The highest BCUT2D eigenvalue weighted by Crippen LogP contribution is 2.71. The zero-order valence-corrected chi connectivity index (χ0v) is 22.3. The minimum absolute atomic E-state index is 0.0991. The lowest BCUT2D eigenvalue weighted by Gasteiger charge is -2.37. The molecule has 0 aromatic heterocycles. The minimum atomic E-state index is -0.755. The highest BCUT2D eigenvalue weighted by Gasteiger charge is 2.77. The highest BCUT2D eigenvalue weighted by molar-refractivity contribution is 8.02. The molecule has 0 aliphatic carbocycles. The van der Waals surface area contributed by atoms with E-state index in [1.807, 2.05) is 74.5 Å². The molecule has 3 aliphatic heterocycles. The topological polar surface area (TPSA) is 98.7 Å². The summed E-state index contributed by atoms with van der Waals surface area (Å²) in [5.74, 6) is -1.81. The number of nitrogens with zero attached hydrogens (tertiary/aromatic N) is 1. The summed E-state index contributed by atoms with van der Waals surface area (Å²) >= 11 is 1.64. The van der Waals surface area contributed by atoms with Crippen molar-refractivity contribution >= 4 is 35.2 Å². The number of hydrogen-bond donors (Lipinski definition) is 3. The Kier molecular flexibility index (Phi) is 6.83. The molecule has 2 unspecified atom stereocenters. The molecule has 6 atom stereocenters. The normalized spacial score (nSPS) is 30.9. The van der Waals surface area contributed by atoms with Crippen molar-refractivity contribution in [2.24, 2.45) is 11.8 Å². The standard InChI is InChI=1S/C29H35N3O4S/c1-18(2)30-26(35)24-29-15-14-28(3,37-29)22(25(34)31-20-12-8-5-9-13-20)23(29)27(36)32(24)21(17-33)16-19-10-6-4-7-11-19/h4-13,18,21-24,33H,14-17H2,1-3H3,(H,30,35)(H,31,34)/t21-,22-,23+,24?,28+,29?/m1/s1. The summed E-state index contributed by atoms with van der Waals surface area (Å²) in [6, 6.07) is 17.5. The van der Waals surface area contributed by atoms with E-state index in [4.69, 9.17) is 0 Å². The molecule has 2 aromatic carbocycles. The molecule has 2 bridgehead atoms. The Balaban J connectivity index is 1.54. The first kappa shape index (κ1) is 25.8. The van der Waals surface area contributed by atoms with Crippen LogP contribution in [-0.4, -0.2) is 62.0 Å². The van der Waals surface area contributed by atoms with Crippen molar-refractivity contribution in [1.82, 2.24) is 10.2 Å². The molecule has 3 fully saturated rings. The SMILES string of the molecule is CC(C)NC(=O)C1N([C@@H](CO)Cc2ccccc2)C(=O)[C@@H]2[C@H](C(=O)Nc3ccccc3)[C@]3(C)CCC12S3. The number of carbonyl (C=O) groups is 3. The lowest BCUT2D eigenvalue weighted by molar-refractivity contribution is -0.142. The number of rotatable bonds is 8. The number of amides is 3. The minimum Gasteiger partial charge on any atom is -0.394 e. The molecule has 3 N–H and O–H groups in total. The van der Waals surface area contributed by atoms with Crippen LogP contribution in [0.4, 0.5) is 5.69 Å². The molecule has 0 saturated carbocycles. The Morgan fingerprint density at radius 1 is 1.05 bits per heavy atom. The van der Waals surface area contributed by atoms with Crippen LogP contribution >= 0.6 is 11.8 Å². The molecule has 3 aliphatic rings. The van der Waals surface area contributed by atoms with Gasteiger partial charge >= 0.3 is 0 Å². The monoisotopic (exact) mass is 521 g/mol. The van der Waals surface area contributed by atoms with Gasteiger partial charge in [-0.3, -0.25) is 14.4 Å². The van der Waals surface area contributed by atoms with Crippen molar-refractivity contribution in [3.05, 3.63) is 66.2 Å². The number of anilines is 1. The number of hydrogen-bond acceptors (Lipinski definition) is 5. The van der Waals surface area contributed by atoms with Gasteiger partial charge in [-0.05, 0) is 57.7 Å². The van der Waals surface area contributed by atoms with E-state index in [-0.39, 0.29) is 30.4 Å². The van der Waals surface area contributed by atoms with Gasteiger partial charge in [0.15, 0.2) is 0 Å². The lowest BCUT2D eigenvalue weighted by atomic mass is 9.66. The van der Waals surface area contributed by atoms with E-state index >= 15 is 0 Å². The first-order chi connectivity index (χ1) is 17.7. The maximum absolute atomic E-state index is 14.3. The van der Waals surface area contributed by atoms with Crippen LogP contribution < -0.4 is 10.6 Å². The molecule has 5 rings (SSSR count). The summed E-state index contributed by atoms with van der Waals surface area (Å²) in [5, 5.41) is 16.5.